The molecule has 1 saturated carbocycles. The Balaban J connectivity index is 2.14. The van der Waals surface area contributed by atoms with E-state index in [4.69, 9.17) is 15.7 Å². The van der Waals surface area contributed by atoms with Gasteiger partial charge in [-0.3, -0.25) is 0 Å². The second-order valence-corrected chi connectivity index (χ2v) is 4.11. The number of aromatic nitrogens is 2. The van der Waals surface area contributed by atoms with Crippen molar-refractivity contribution in [1.82, 2.24) is 10.2 Å². The number of nitrogens with two attached hydrogens (primary N) is 1. The van der Waals surface area contributed by atoms with Gasteiger partial charge in [0, 0.05) is 0 Å². The Kier molecular flexibility index (Phi) is 3.74. The van der Waals surface area contributed by atoms with Gasteiger partial charge in [0.05, 0.1) is 11.8 Å². The average Bonchev–Trinajstić information content (AvgIpc) is 2.40. The predicted octanol–water partition coefficient (Wildman–Crippen LogP) is 1.28. The number of hydrogen-bond acceptors (Lipinski definition) is 5. The molecular formula is C11H16N4O2. The first kappa shape index (κ1) is 11.6. The zero-order valence-electron chi connectivity index (χ0n) is 9.54. The monoisotopic (exact) mass is 236 g/mol. The molecule has 0 atom stereocenters. The van der Waals surface area contributed by atoms with Crippen molar-refractivity contribution in [3.63, 3.8) is 0 Å². The molecule has 6 heteroatoms. The number of hydrogen-bond donors (Lipinski definition) is 2. The third-order valence-corrected chi connectivity index (χ3v) is 2.90. The molecule has 92 valence electrons. The zero-order valence-corrected chi connectivity index (χ0v) is 9.54. The van der Waals surface area contributed by atoms with Gasteiger partial charge in [-0.1, -0.05) is 11.6 Å². The molecule has 1 aromatic rings. The molecule has 3 N–H and O–H groups in total. The molecule has 17 heavy (non-hydrogen) atoms. The maximum Gasteiger partial charge on any atom is 0.244 e. The molecule has 1 aromatic heterocycles. The quantitative estimate of drug-likeness (QED) is 0.357. The minimum Gasteiger partial charge on any atom is -0.473 e. The molecule has 0 saturated heterocycles. The molecule has 6 nitrogen and oxygen atoms in total. The Labute approximate surface area is 99.5 Å². The molecule has 1 heterocycles. The second kappa shape index (κ2) is 5.47. The van der Waals surface area contributed by atoms with Crippen LogP contribution < -0.4 is 10.5 Å². The van der Waals surface area contributed by atoms with Gasteiger partial charge in [-0.15, -0.1) is 5.10 Å². The lowest BCUT2D eigenvalue weighted by molar-refractivity contribution is 0.146. The summed E-state index contributed by atoms with van der Waals surface area (Å²) in [7, 11) is 0. The van der Waals surface area contributed by atoms with Crippen molar-refractivity contribution in [3.05, 3.63) is 17.8 Å². The van der Waals surface area contributed by atoms with Crippen molar-refractivity contribution >= 4 is 5.84 Å². The molecule has 1 fully saturated rings. The second-order valence-electron chi connectivity index (χ2n) is 4.11. The molecule has 1 aliphatic carbocycles. The van der Waals surface area contributed by atoms with Gasteiger partial charge < -0.3 is 15.7 Å². The fourth-order valence-corrected chi connectivity index (χ4v) is 2.00. The summed E-state index contributed by atoms with van der Waals surface area (Å²) in [6.45, 7) is 0. The highest BCUT2D eigenvalue weighted by Gasteiger charge is 2.18. The van der Waals surface area contributed by atoms with Crippen LogP contribution in [0.25, 0.3) is 0 Å². The van der Waals surface area contributed by atoms with Crippen LogP contribution in [0.2, 0.25) is 0 Å². The van der Waals surface area contributed by atoms with Crippen LogP contribution in [0.15, 0.2) is 17.4 Å². The van der Waals surface area contributed by atoms with Crippen molar-refractivity contribution in [1.29, 1.82) is 0 Å². The van der Waals surface area contributed by atoms with Gasteiger partial charge in [0.15, 0.2) is 5.84 Å². The summed E-state index contributed by atoms with van der Waals surface area (Å²) in [4.78, 5) is 0. The molecule has 0 bridgehead atoms. The Hall–Kier alpha value is -1.85. The Morgan fingerprint density at radius 3 is 2.88 bits per heavy atom. The maximum atomic E-state index is 8.68. The van der Waals surface area contributed by atoms with Crippen molar-refractivity contribution in [2.24, 2.45) is 10.9 Å². The molecular weight excluding hydrogens is 220 g/mol. The van der Waals surface area contributed by atoms with Gasteiger partial charge >= 0.3 is 0 Å². The number of ether oxygens (including phenoxy) is 1. The minimum absolute atomic E-state index is 0.00860. The van der Waals surface area contributed by atoms with E-state index in [1.54, 1.807) is 6.07 Å². The zero-order chi connectivity index (χ0) is 12.1. The molecule has 0 radical (unpaired) electrons. The van der Waals surface area contributed by atoms with Crippen LogP contribution in [-0.2, 0) is 0 Å². The van der Waals surface area contributed by atoms with Crippen molar-refractivity contribution < 1.29 is 9.94 Å². The topological polar surface area (TPSA) is 93.6 Å². The first-order valence-electron chi connectivity index (χ1n) is 5.77. The lowest BCUT2D eigenvalue weighted by Gasteiger charge is -2.22. The fraction of sp³-hybridized carbons (Fsp3) is 0.545. The Morgan fingerprint density at radius 1 is 1.41 bits per heavy atom. The molecule has 0 spiro atoms. The van der Waals surface area contributed by atoms with Gasteiger partial charge in [-0.2, -0.15) is 5.10 Å². The summed E-state index contributed by atoms with van der Waals surface area (Å²) >= 11 is 0. The van der Waals surface area contributed by atoms with Crippen LogP contribution >= 0.6 is 0 Å². The standard InChI is InChI=1S/C11H16N4O2/c12-10(15-16)9-6-7-13-14-11(9)17-8-4-2-1-3-5-8/h6-8,16H,1-5H2,(H2,12,15). The van der Waals surface area contributed by atoms with Gasteiger partial charge in [-0.25, -0.2) is 0 Å². The van der Waals surface area contributed by atoms with E-state index in [1.165, 1.54) is 25.5 Å². The van der Waals surface area contributed by atoms with Crippen molar-refractivity contribution in [3.8, 4) is 5.88 Å². The predicted molar refractivity (Wildman–Crippen MR) is 62.0 cm³/mol. The lowest BCUT2D eigenvalue weighted by Crippen LogP contribution is -2.23. The van der Waals surface area contributed by atoms with Crippen LogP contribution in [0.1, 0.15) is 37.7 Å². The Bertz CT molecular complexity index is 402. The highest BCUT2D eigenvalue weighted by Crippen LogP contribution is 2.23. The third-order valence-electron chi connectivity index (χ3n) is 2.90. The molecule has 1 aliphatic rings. The molecule has 0 unspecified atom stereocenters. The van der Waals surface area contributed by atoms with Crippen LogP contribution in [0, 0.1) is 0 Å². The van der Waals surface area contributed by atoms with E-state index in [0.717, 1.165) is 12.8 Å². The average molecular weight is 236 g/mol. The van der Waals surface area contributed by atoms with Crippen LogP contribution in [0.5, 0.6) is 5.88 Å². The van der Waals surface area contributed by atoms with Crippen LogP contribution in [0.3, 0.4) is 0 Å². The summed E-state index contributed by atoms with van der Waals surface area (Å²) in [5.74, 6) is 0.334. The van der Waals surface area contributed by atoms with E-state index < -0.39 is 0 Å². The molecule has 0 amide bonds. The summed E-state index contributed by atoms with van der Waals surface area (Å²) in [5.41, 5.74) is 6.03. The first-order valence-corrected chi connectivity index (χ1v) is 5.77. The van der Waals surface area contributed by atoms with Gasteiger partial charge in [0.1, 0.15) is 6.10 Å². The number of amidine groups is 1. The molecule has 2 rings (SSSR count). The van der Waals surface area contributed by atoms with E-state index >= 15 is 0 Å². The van der Waals surface area contributed by atoms with E-state index in [1.807, 2.05) is 0 Å². The summed E-state index contributed by atoms with van der Waals surface area (Å²) < 4.78 is 5.76. The summed E-state index contributed by atoms with van der Waals surface area (Å²) in [6.07, 6.45) is 7.28. The molecule has 0 aliphatic heterocycles. The van der Waals surface area contributed by atoms with Crippen molar-refractivity contribution in [2.75, 3.05) is 0 Å². The van der Waals surface area contributed by atoms with Crippen molar-refractivity contribution in [2.45, 2.75) is 38.2 Å². The van der Waals surface area contributed by atoms with E-state index in [9.17, 15) is 0 Å². The largest absolute Gasteiger partial charge is 0.473 e. The normalized spacial score (nSPS) is 18.0. The first-order chi connectivity index (χ1) is 8.31. The van der Waals surface area contributed by atoms with Gasteiger partial charge in [-0.05, 0) is 31.7 Å². The highest BCUT2D eigenvalue weighted by atomic mass is 16.5. The number of rotatable bonds is 3. The van der Waals surface area contributed by atoms with E-state index in [0.29, 0.717) is 11.4 Å². The van der Waals surface area contributed by atoms with Crippen LogP contribution in [-0.4, -0.2) is 27.3 Å². The summed E-state index contributed by atoms with van der Waals surface area (Å²) in [6, 6.07) is 1.63. The smallest absolute Gasteiger partial charge is 0.244 e. The summed E-state index contributed by atoms with van der Waals surface area (Å²) in [5, 5.41) is 19.3. The van der Waals surface area contributed by atoms with Gasteiger partial charge in [0.2, 0.25) is 5.88 Å². The Morgan fingerprint density at radius 2 is 2.18 bits per heavy atom. The van der Waals surface area contributed by atoms with E-state index in [-0.39, 0.29) is 11.9 Å². The van der Waals surface area contributed by atoms with Crippen LogP contribution in [0.4, 0.5) is 0 Å². The SMILES string of the molecule is N/C(=N/O)c1ccnnc1OC1CCCCC1. The lowest BCUT2D eigenvalue weighted by atomic mass is 9.98. The fourth-order valence-electron chi connectivity index (χ4n) is 2.00. The highest BCUT2D eigenvalue weighted by molar-refractivity contribution is 5.98. The number of nitrogens with zero attached hydrogens (tertiary/aromatic N) is 3. The number of oxime groups is 1. The maximum absolute atomic E-state index is 8.68. The minimum atomic E-state index is -0.00860. The molecule has 0 aromatic carbocycles. The third kappa shape index (κ3) is 2.83. The van der Waals surface area contributed by atoms with E-state index in [2.05, 4.69) is 15.4 Å². The van der Waals surface area contributed by atoms with Gasteiger partial charge in [0.25, 0.3) is 0 Å².